The maximum atomic E-state index is 13.0. The zero-order valence-corrected chi connectivity index (χ0v) is 19.9. The highest BCUT2D eigenvalue weighted by atomic mass is 16.2. The Balaban J connectivity index is 0.000000336. The standard InChI is InChI=1S/C21H24N4O2.C6H7N/c1-13-18(12-16-15-6-4-5-7-17(15)23-20(16)26)22-14(2)19(13)21(27)25-10-8-24(3)9-11-25;7-6-4-2-1-3-5-6/h4-7,12,22H,8-11H2,1-3H3,(H,23,26);1-5H,7H2. The highest BCUT2D eigenvalue weighted by molar-refractivity contribution is 6.34. The van der Waals surface area contributed by atoms with Gasteiger partial charge in [-0.25, -0.2) is 0 Å². The highest BCUT2D eigenvalue weighted by Gasteiger charge is 2.27. The molecule has 0 unspecified atom stereocenters. The van der Waals surface area contributed by atoms with Crippen molar-refractivity contribution in [2.45, 2.75) is 13.8 Å². The lowest BCUT2D eigenvalue weighted by Crippen LogP contribution is -2.47. The lowest BCUT2D eigenvalue weighted by Gasteiger charge is -2.32. The third kappa shape index (κ3) is 4.89. The first-order valence-corrected chi connectivity index (χ1v) is 11.4. The smallest absolute Gasteiger partial charge is 0.256 e. The quantitative estimate of drug-likeness (QED) is 0.403. The highest BCUT2D eigenvalue weighted by Crippen LogP contribution is 2.33. The molecule has 4 N–H and O–H groups in total. The van der Waals surface area contributed by atoms with Gasteiger partial charge in [0, 0.05) is 54.5 Å². The van der Waals surface area contributed by atoms with Crippen LogP contribution >= 0.6 is 0 Å². The number of anilines is 2. The number of nitrogens with one attached hydrogen (secondary N) is 2. The van der Waals surface area contributed by atoms with Gasteiger partial charge in [-0.1, -0.05) is 36.4 Å². The number of nitrogen functional groups attached to an aromatic ring is 1. The van der Waals surface area contributed by atoms with Crippen LogP contribution in [0.25, 0.3) is 11.6 Å². The van der Waals surface area contributed by atoms with Gasteiger partial charge in [0.1, 0.15) is 0 Å². The Bertz CT molecular complexity index is 1220. The number of rotatable bonds is 2. The van der Waals surface area contributed by atoms with E-state index >= 15 is 0 Å². The first kappa shape index (κ1) is 23.3. The van der Waals surface area contributed by atoms with Crippen molar-refractivity contribution in [2.75, 3.05) is 44.3 Å². The van der Waals surface area contributed by atoms with Crippen LogP contribution in [0.3, 0.4) is 0 Å². The van der Waals surface area contributed by atoms with Gasteiger partial charge in [-0.05, 0) is 50.7 Å². The summed E-state index contributed by atoms with van der Waals surface area (Å²) in [6, 6.07) is 17.1. The monoisotopic (exact) mass is 457 g/mol. The second-order valence-corrected chi connectivity index (χ2v) is 8.73. The fourth-order valence-corrected chi connectivity index (χ4v) is 4.29. The van der Waals surface area contributed by atoms with Gasteiger partial charge in [0.15, 0.2) is 0 Å². The number of carbonyl (C=O) groups is 2. The van der Waals surface area contributed by atoms with Gasteiger partial charge in [-0.3, -0.25) is 9.59 Å². The van der Waals surface area contributed by atoms with Gasteiger partial charge in [0.25, 0.3) is 11.8 Å². The van der Waals surface area contributed by atoms with Crippen molar-refractivity contribution in [3.8, 4) is 0 Å². The number of aryl methyl sites for hydroxylation is 1. The molecule has 0 atom stereocenters. The summed E-state index contributed by atoms with van der Waals surface area (Å²) < 4.78 is 0. The van der Waals surface area contributed by atoms with E-state index in [2.05, 4.69) is 22.2 Å². The summed E-state index contributed by atoms with van der Waals surface area (Å²) in [5, 5.41) is 2.89. The fourth-order valence-electron chi connectivity index (χ4n) is 4.29. The normalized spacial score (nSPS) is 16.6. The molecule has 176 valence electrons. The van der Waals surface area contributed by atoms with Gasteiger partial charge in [0.2, 0.25) is 0 Å². The van der Waals surface area contributed by atoms with Gasteiger partial charge < -0.3 is 25.8 Å². The van der Waals surface area contributed by atoms with E-state index in [1.165, 1.54) is 0 Å². The van der Waals surface area contributed by atoms with Crippen LogP contribution in [0.15, 0.2) is 54.6 Å². The molecular weight excluding hydrogens is 426 g/mol. The number of piperazine rings is 1. The summed E-state index contributed by atoms with van der Waals surface area (Å²) in [7, 11) is 2.07. The Morgan fingerprint density at radius 2 is 1.62 bits per heavy atom. The van der Waals surface area contributed by atoms with Crippen molar-refractivity contribution in [3.05, 3.63) is 82.7 Å². The summed E-state index contributed by atoms with van der Waals surface area (Å²) in [5.74, 6) is -0.0509. The lowest BCUT2D eigenvalue weighted by atomic mass is 10.0. The molecule has 2 aliphatic rings. The van der Waals surface area contributed by atoms with E-state index < -0.39 is 0 Å². The molecule has 0 aliphatic carbocycles. The number of H-pyrrole nitrogens is 1. The first-order chi connectivity index (χ1) is 16.3. The predicted octanol–water partition coefficient (Wildman–Crippen LogP) is 3.78. The molecule has 0 saturated carbocycles. The number of hydrogen-bond donors (Lipinski definition) is 3. The molecule has 1 aromatic heterocycles. The van der Waals surface area contributed by atoms with Gasteiger partial charge in [-0.2, -0.15) is 0 Å². The van der Waals surface area contributed by atoms with Crippen LogP contribution in [0, 0.1) is 13.8 Å². The Labute approximate surface area is 200 Å². The first-order valence-electron chi connectivity index (χ1n) is 11.4. The lowest BCUT2D eigenvalue weighted by molar-refractivity contribution is -0.110. The Kier molecular flexibility index (Phi) is 6.84. The number of carbonyl (C=O) groups excluding carboxylic acids is 2. The molecule has 0 bridgehead atoms. The maximum absolute atomic E-state index is 13.0. The summed E-state index contributed by atoms with van der Waals surface area (Å²) >= 11 is 0. The summed E-state index contributed by atoms with van der Waals surface area (Å²) in [4.78, 5) is 32.9. The number of nitrogens with two attached hydrogens (primary N) is 1. The molecule has 3 heterocycles. The number of aromatic nitrogens is 1. The number of aromatic amines is 1. The SMILES string of the molecule is Cc1[nH]c(C=C2C(=O)Nc3ccccc32)c(C)c1C(=O)N1CCN(C)CC1.Nc1ccccc1. The zero-order valence-electron chi connectivity index (χ0n) is 19.9. The molecule has 1 fully saturated rings. The number of benzene rings is 2. The van der Waals surface area contributed by atoms with Crippen molar-refractivity contribution in [1.82, 2.24) is 14.8 Å². The van der Waals surface area contributed by atoms with Crippen molar-refractivity contribution < 1.29 is 9.59 Å². The van der Waals surface area contributed by atoms with Gasteiger partial charge in [0.05, 0.1) is 11.1 Å². The van der Waals surface area contributed by atoms with E-state index in [1.807, 2.05) is 79.4 Å². The number of para-hydroxylation sites is 2. The van der Waals surface area contributed by atoms with Crippen LogP contribution in [0.1, 0.15) is 32.9 Å². The van der Waals surface area contributed by atoms with Gasteiger partial charge in [-0.15, -0.1) is 0 Å². The average Bonchev–Trinajstić information content (AvgIpc) is 3.29. The molecule has 5 rings (SSSR count). The average molecular weight is 458 g/mol. The molecule has 2 amide bonds. The molecule has 7 heteroatoms. The van der Waals surface area contributed by atoms with Crippen LogP contribution in [-0.4, -0.2) is 59.8 Å². The molecular formula is C27H31N5O2. The van der Waals surface area contributed by atoms with Crippen molar-refractivity contribution in [2.24, 2.45) is 0 Å². The molecule has 3 aromatic rings. The number of likely N-dealkylation sites (N-methyl/N-ethyl adjacent to an activating group) is 1. The topological polar surface area (TPSA) is 94.5 Å². The van der Waals surface area contributed by atoms with Crippen molar-refractivity contribution in [1.29, 1.82) is 0 Å². The number of amides is 2. The number of hydrogen-bond acceptors (Lipinski definition) is 4. The van der Waals surface area contributed by atoms with Crippen LogP contribution in [0.4, 0.5) is 11.4 Å². The van der Waals surface area contributed by atoms with E-state index in [4.69, 9.17) is 5.73 Å². The molecule has 0 spiro atoms. The fraction of sp³-hybridized carbons (Fsp3) is 0.259. The molecule has 7 nitrogen and oxygen atoms in total. The van der Waals surface area contributed by atoms with Crippen molar-refractivity contribution in [3.63, 3.8) is 0 Å². The predicted molar refractivity (Wildman–Crippen MR) is 137 cm³/mol. The van der Waals surface area contributed by atoms with Crippen LogP contribution in [0.5, 0.6) is 0 Å². The number of nitrogens with zero attached hydrogens (tertiary/aromatic N) is 2. The van der Waals surface area contributed by atoms with E-state index in [0.717, 1.165) is 65.6 Å². The molecule has 34 heavy (non-hydrogen) atoms. The molecule has 2 aliphatic heterocycles. The molecule has 2 aromatic carbocycles. The third-order valence-electron chi connectivity index (χ3n) is 6.28. The minimum absolute atomic E-state index is 0.0651. The summed E-state index contributed by atoms with van der Waals surface area (Å²) in [5.41, 5.74) is 11.8. The van der Waals surface area contributed by atoms with Crippen LogP contribution < -0.4 is 11.1 Å². The van der Waals surface area contributed by atoms with Gasteiger partial charge >= 0.3 is 0 Å². The van der Waals surface area contributed by atoms with Crippen molar-refractivity contribution >= 4 is 34.8 Å². The van der Waals surface area contributed by atoms with E-state index in [1.54, 1.807) is 0 Å². The van der Waals surface area contributed by atoms with Crippen LogP contribution in [-0.2, 0) is 4.79 Å². The zero-order chi connectivity index (χ0) is 24.2. The maximum Gasteiger partial charge on any atom is 0.256 e. The second-order valence-electron chi connectivity index (χ2n) is 8.73. The van der Waals surface area contributed by atoms with E-state index in [9.17, 15) is 9.59 Å². The Morgan fingerprint density at radius 1 is 0.971 bits per heavy atom. The second kappa shape index (κ2) is 9.97. The van der Waals surface area contributed by atoms with E-state index in [0.29, 0.717) is 5.57 Å². The number of fused-ring (bicyclic) bond motifs is 1. The molecule has 0 radical (unpaired) electrons. The third-order valence-corrected chi connectivity index (χ3v) is 6.28. The minimum atomic E-state index is -0.116. The van der Waals surface area contributed by atoms with Crippen LogP contribution in [0.2, 0.25) is 0 Å². The Morgan fingerprint density at radius 3 is 2.26 bits per heavy atom. The summed E-state index contributed by atoms with van der Waals surface area (Å²) in [6.45, 7) is 7.13. The summed E-state index contributed by atoms with van der Waals surface area (Å²) in [6.07, 6.45) is 1.85. The van der Waals surface area contributed by atoms with E-state index in [-0.39, 0.29) is 11.8 Å². The minimum Gasteiger partial charge on any atom is -0.399 e. The molecule has 1 saturated heterocycles. The Hall–Kier alpha value is -3.84. The largest absolute Gasteiger partial charge is 0.399 e.